The van der Waals surface area contributed by atoms with E-state index in [0.29, 0.717) is 12.8 Å². The quantitative estimate of drug-likeness (QED) is 0.484. The van der Waals surface area contributed by atoms with Crippen LogP contribution in [-0.2, 0) is 14.9 Å². The molecule has 1 fully saturated rings. The minimum atomic E-state index is -0.877. The monoisotopic (exact) mass is 339 g/mol. The highest BCUT2D eigenvalue weighted by Gasteiger charge is 2.49. The molecule has 0 aliphatic heterocycles. The normalized spacial score (nSPS) is 22.6. The van der Waals surface area contributed by atoms with Crippen molar-refractivity contribution in [2.24, 2.45) is 0 Å². The molecule has 0 amide bonds. The predicted molar refractivity (Wildman–Crippen MR) is 90.3 cm³/mol. The topological polar surface area (TPSA) is 86.5 Å². The molecule has 0 heterocycles. The van der Waals surface area contributed by atoms with Gasteiger partial charge in [-0.15, -0.1) is 0 Å². The van der Waals surface area contributed by atoms with Gasteiger partial charge in [-0.1, -0.05) is 30.3 Å². The van der Waals surface area contributed by atoms with E-state index in [-0.39, 0.29) is 17.0 Å². The largest absolute Gasteiger partial charge is 0.457 e. The molecule has 2 aromatic rings. The zero-order chi connectivity index (χ0) is 18.0. The highest BCUT2D eigenvalue weighted by atomic mass is 16.6. The van der Waals surface area contributed by atoms with Crippen LogP contribution < -0.4 is 0 Å². The van der Waals surface area contributed by atoms with E-state index in [9.17, 15) is 19.7 Å². The number of hydrogen-bond donors (Lipinski definition) is 0. The van der Waals surface area contributed by atoms with Gasteiger partial charge in [0.05, 0.1) is 15.9 Å². The third-order valence-corrected chi connectivity index (χ3v) is 4.79. The van der Waals surface area contributed by atoms with E-state index in [1.807, 2.05) is 30.3 Å². The number of ketones is 1. The lowest BCUT2D eigenvalue weighted by atomic mass is 9.78. The van der Waals surface area contributed by atoms with Crippen LogP contribution in [0.15, 0.2) is 54.6 Å². The number of Topliss-reactive ketones (excluding diaryl/α,β-unsaturated/α-hetero) is 1. The van der Waals surface area contributed by atoms with Crippen molar-refractivity contribution in [1.82, 2.24) is 0 Å². The van der Waals surface area contributed by atoms with Crippen molar-refractivity contribution in [2.75, 3.05) is 0 Å². The van der Waals surface area contributed by atoms with Crippen molar-refractivity contribution in [3.05, 3.63) is 75.8 Å². The van der Waals surface area contributed by atoms with Crippen molar-refractivity contribution < 1.29 is 19.2 Å². The molecule has 1 saturated carbocycles. The summed E-state index contributed by atoms with van der Waals surface area (Å²) >= 11 is 0. The van der Waals surface area contributed by atoms with Crippen molar-refractivity contribution in [3.63, 3.8) is 0 Å². The molecule has 0 aromatic heterocycles. The Balaban J connectivity index is 1.82. The number of rotatable bonds is 4. The van der Waals surface area contributed by atoms with E-state index >= 15 is 0 Å². The Labute approximate surface area is 144 Å². The van der Waals surface area contributed by atoms with Gasteiger partial charge in [0.15, 0.2) is 0 Å². The molecule has 1 aliphatic rings. The second-order valence-corrected chi connectivity index (χ2v) is 6.23. The summed E-state index contributed by atoms with van der Waals surface area (Å²) in [6.45, 7) is 1.80. The maximum atomic E-state index is 12.5. The Morgan fingerprint density at radius 1 is 1.16 bits per heavy atom. The van der Waals surface area contributed by atoms with Crippen LogP contribution in [0.4, 0.5) is 5.69 Å². The summed E-state index contributed by atoms with van der Waals surface area (Å²) in [6, 6.07) is 14.5. The molecule has 3 rings (SSSR count). The van der Waals surface area contributed by atoms with E-state index in [4.69, 9.17) is 4.74 Å². The van der Waals surface area contributed by atoms with E-state index < -0.39 is 22.4 Å². The van der Waals surface area contributed by atoms with Gasteiger partial charge in [0.2, 0.25) is 0 Å². The van der Waals surface area contributed by atoms with Gasteiger partial charge < -0.3 is 4.74 Å². The van der Waals surface area contributed by atoms with Gasteiger partial charge >= 0.3 is 5.97 Å². The third-order valence-electron chi connectivity index (χ3n) is 4.79. The molecular formula is C19H17NO5. The molecule has 6 heteroatoms. The number of hydrogen-bond acceptors (Lipinski definition) is 5. The fraction of sp³-hybridized carbons (Fsp3) is 0.263. The number of carbonyl (C=O) groups excluding carboxylic acids is 2. The molecule has 6 nitrogen and oxygen atoms in total. The second kappa shape index (κ2) is 6.47. The number of esters is 1. The number of ether oxygens (including phenoxy) is 1. The molecular weight excluding hydrogens is 322 g/mol. The van der Waals surface area contributed by atoms with E-state index in [1.54, 1.807) is 6.92 Å². The van der Waals surface area contributed by atoms with Crippen LogP contribution in [-0.4, -0.2) is 22.8 Å². The standard InChI is InChI=1S/C19H17NO5/c1-19(14-5-3-2-4-6-14)16(21)11-12-17(19)25-18(22)13-7-9-15(10-8-13)20(23)24/h2-10,17H,11-12H2,1H3/t17-,19-/m0/s1. The Morgan fingerprint density at radius 2 is 1.80 bits per heavy atom. The van der Waals surface area contributed by atoms with Gasteiger partial charge in [0, 0.05) is 18.6 Å². The Morgan fingerprint density at radius 3 is 2.40 bits per heavy atom. The maximum absolute atomic E-state index is 12.5. The zero-order valence-corrected chi connectivity index (χ0v) is 13.7. The van der Waals surface area contributed by atoms with Gasteiger partial charge in [-0.25, -0.2) is 4.79 Å². The Hall–Kier alpha value is -3.02. The first kappa shape index (κ1) is 16.8. The van der Waals surface area contributed by atoms with Gasteiger partial charge in [0.1, 0.15) is 11.9 Å². The molecule has 0 bridgehead atoms. The average molecular weight is 339 g/mol. The minimum absolute atomic E-state index is 0.0419. The minimum Gasteiger partial charge on any atom is -0.457 e. The molecule has 0 saturated heterocycles. The lowest BCUT2D eigenvalue weighted by molar-refractivity contribution is -0.384. The smallest absolute Gasteiger partial charge is 0.338 e. The molecule has 0 spiro atoms. The van der Waals surface area contributed by atoms with Crippen LogP contribution in [0.5, 0.6) is 0 Å². The summed E-state index contributed by atoms with van der Waals surface area (Å²) in [5.41, 5.74) is 0.0682. The first-order valence-electron chi connectivity index (χ1n) is 7.97. The summed E-state index contributed by atoms with van der Waals surface area (Å²) in [4.78, 5) is 35.0. The highest BCUT2D eigenvalue weighted by Crippen LogP contribution is 2.40. The predicted octanol–water partition coefficient (Wildman–Crippen LogP) is 3.44. The molecule has 0 radical (unpaired) electrons. The summed E-state index contributed by atoms with van der Waals surface area (Å²) in [7, 11) is 0. The van der Waals surface area contributed by atoms with E-state index in [1.165, 1.54) is 24.3 Å². The number of carbonyl (C=O) groups is 2. The zero-order valence-electron chi connectivity index (χ0n) is 13.7. The van der Waals surface area contributed by atoms with Gasteiger partial charge in [-0.3, -0.25) is 14.9 Å². The first-order valence-corrected chi connectivity index (χ1v) is 7.97. The van der Waals surface area contributed by atoms with Crippen LogP contribution >= 0.6 is 0 Å². The molecule has 128 valence electrons. The van der Waals surface area contributed by atoms with E-state index in [0.717, 1.165) is 5.56 Å². The molecule has 0 unspecified atom stereocenters. The fourth-order valence-electron chi connectivity index (χ4n) is 3.21. The molecule has 2 aromatic carbocycles. The maximum Gasteiger partial charge on any atom is 0.338 e. The molecule has 0 N–H and O–H groups in total. The van der Waals surface area contributed by atoms with Gasteiger partial charge in [-0.2, -0.15) is 0 Å². The van der Waals surface area contributed by atoms with Crippen LogP contribution in [0.3, 0.4) is 0 Å². The summed E-state index contributed by atoms with van der Waals surface area (Å²) in [5.74, 6) is -0.544. The SMILES string of the molecule is C[C@]1(c2ccccc2)C(=O)CC[C@@H]1OC(=O)c1ccc([N+](=O)[O-])cc1. The van der Waals surface area contributed by atoms with Crippen LogP contribution in [0.2, 0.25) is 0 Å². The molecule has 25 heavy (non-hydrogen) atoms. The molecule has 2 atom stereocenters. The fourth-order valence-corrected chi connectivity index (χ4v) is 3.21. The van der Waals surface area contributed by atoms with Gasteiger partial charge in [-0.05, 0) is 31.0 Å². The van der Waals surface area contributed by atoms with Crippen molar-refractivity contribution in [2.45, 2.75) is 31.3 Å². The van der Waals surface area contributed by atoms with Crippen molar-refractivity contribution in [1.29, 1.82) is 0 Å². The van der Waals surface area contributed by atoms with Crippen LogP contribution in [0, 0.1) is 10.1 Å². The number of benzene rings is 2. The number of non-ortho nitro benzene ring substituents is 1. The van der Waals surface area contributed by atoms with Crippen molar-refractivity contribution >= 4 is 17.4 Å². The summed E-state index contributed by atoms with van der Waals surface area (Å²) < 4.78 is 5.61. The highest BCUT2D eigenvalue weighted by molar-refractivity contribution is 5.94. The summed E-state index contributed by atoms with van der Waals surface area (Å²) in [6.07, 6.45) is 0.247. The third kappa shape index (κ3) is 3.03. The lowest BCUT2D eigenvalue weighted by Gasteiger charge is -2.30. The second-order valence-electron chi connectivity index (χ2n) is 6.23. The first-order chi connectivity index (χ1) is 11.9. The molecule has 1 aliphatic carbocycles. The number of nitrogens with zero attached hydrogens (tertiary/aromatic N) is 1. The van der Waals surface area contributed by atoms with E-state index in [2.05, 4.69) is 0 Å². The van der Waals surface area contributed by atoms with Crippen LogP contribution in [0.25, 0.3) is 0 Å². The average Bonchev–Trinajstić information content (AvgIpc) is 2.92. The Kier molecular flexibility index (Phi) is 4.35. The summed E-state index contributed by atoms with van der Waals surface area (Å²) in [5, 5.41) is 10.7. The van der Waals surface area contributed by atoms with Crippen molar-refractivity contribution in [3.8, 4) is 0 Å². The number of nitro groups is 1. The number of nitro benzene ring substituents is 1. The Bertz CT molecular complexity index is 815. The lowest BCUT2D eigenvalue weighted by Crippen LogP contribution is -2.40. The van der Waals surface area contributed by atoms with Crippen LogP contribution in [0.1, 0.15) is 35.7 Å². The van der Waals surface area contributed by atoms with Gasteiger partial charge in [0.25, 0.3) is 5.69 Å².